The Kier molecular flexibility index (Phi) is 3.90. The third-order valence-electron chi connectivity index (χ3n) is 5.94. The molecule has 1 aliphatic carbocycles. The molecule has 5 rings (SSSR count). The fraction of sp³-hybridized carbons (Fsp3) is 0.450. The molecule has 0 radical (unpaired) electrons. The highest BCUT2D eigenvalue weighted by atomic mass is 32.1. The van der Waals surface area contributed by atoms with Crippen LogP contribution in [0.2, 0.25) is 0 Å². The molecular weight excluding hydrogens is 348 g/mol. The monoisotopic (exact) mass is 370 g/mol. The van der Waals surface area contributed by atoms with Crippen LogP contribution in [0.1, 0.15) is 35.2 Å². The summed E-state index contributed by atoms with van der Waals surface area (Å²) < 4.78 is 11.1. The second-order valence-electron chi connectivity index (χ2n) is 7.44. The summed E-state index contributed by atoms with van der Waals surface area (Å²) in [7, 11) is 0. The lowest BCUT2D eigenvalue weighted by molar-refractivity contribution is 0.0688. The molecule has 136 valence electrons. The molecule has 3 aliphatic rings. The number of para-hydroxylation sites is 1. The molecule has 3 heterocycles. The molecule has 0 bridgehead atoms. The number of hydrogen-bond donors (Lipinski definition) is 1. The third kappa shape index (κ3) is 2.68. The zero-order chi connectivity index (χ0) is 17.6. The van der Waals surface area contributed by atoms with E-state index >= 15 is 0 Å². The average Bonchev–Trinajstić information content (AvgIpc) is 3.08. The Balaban J connectivity index is 1.46. The van der Waals surface area contributed by atoms with Gasteiger partial charge in [-0.05, 0) is 72.3 Å². The maximum Gasteiger partial charge on any atom is 0.258 e. The topological polar surface area (TPSA) is 50.8 Å². The third-order valence-corrected chi connectivity index (χ3v) is 6.68. The number of nitrogens with one attached hydrogen (secondary N) is 1. The van der Waals surface area contributed by atoms with Gasteiger partial charge in [0, 0.05) is 12.6 Å². The van der Waals surface area contributed by atoms with Crippen LogP contribution in [-0.4, -0.2) is 36.7 Å². The number of benzene rings is 1. The van der Waals surface area contributed by atoms with E-state index in [-0.39, 0.29) is 12.7 Å². The Morgan fingerprint density at radius 3 is 2.96 bits per heavy atom. The summed E-state index contributed by atoms with van der Waals surface area (Å²) in [5.74, 6) is 1.31. The Labute approximate surface area is 156 Å². The van der Waals surface area contributed by atoms with Gasteiger partial charge < -0.3 is 19.7 Å². The number of rotatable bonds is 4. The second kappa shape index (κ2) is 6.28. The first kappa shape index (κ1) is 16.1. The summed E-state index contributed by atoms with van der Waals surface area (Å²) in [6.07, 6.45) is 3.41. The normalized spacial score (nSPS) is 22.4. The number of ether oxygens (including phenoxy) is 2. The maximum atomic E-state index is 13.5. The minimum absolute atomic E-state index is 0.0546. The van der Waals surface area contributed by atoms with E-state index in [1.54, 1.807) is 11.3 Å². The molecule has 1 aromatic carbocycles. The molecule has 2 aliphatic heterocycles. The van der Waals surface area contributed by atoms with Crippen molar-refractivity contribution >= 4 is 17.2 Å². The predicted octanol–water partition coefficient (Wildman–Crippen LogP) is 3.26. The summed E-state index contributed by atoms with van der Waals surface area (Å²) in [5, 5.41) is 7.65. The van der Waals surface area contributed by atoms with Crippen LogP contribution in [0.25, 0.3) is 0 Å². The van der Waals surface area contributed by atoms with Gasteiger partial charge in [-0.15, -0.1) is 0 Å². The Morgan fingerprint density at radius 1 is 1.27 bits per heavy atom. The summed E-state index contributed by atoms with van der Waals surface area (Å²) in [6, 6.07) is 8.01. The van der Waals surface area contributed by atoms with Crippen molar-refractivity contribution in [3.63, 3.8) is 0 Å². The van der Waals surface area contributed by atoms with E-state index in [9.17, 15) is 4.79 Å². The SMILES string of the molecule is O=C(c1cccc2c1OCO2)N(Cc1ccsc1)[C@H]1CC12CCNCC2. The number of piperidine rings is 1. The van der Waals surface area contributed by atoms with Gasteiger partial charge in [0.1, 0.15) is 0 Å². The van der Waals surface area contributed by atoms with Crippen molar-refractivity contribution in [2.75, 3.05) is 19.9 Å². The largest absolute Gasteiger partial charge is 0.454 e. The number of hydrogen-bond acceptors (Lipinski definition) is 5. The summed E-state index contributed by atoms with van der Waals surface area (Å²) in [4.78, 5) is 15.6. The molecule has 1 atom stereocenters. The zero-order valence-corrected chi connectivity index (χ0v) is 15.4. The van der Waals surface area contributed by atoms with Crippen molar-refractivity contribution in [3.05, 3.63) is 46.2 Å². The first-order chi connectivity index (χ1) is 12.8. The smallest absolute Gasteiger partial charge is 0.258 e. The molecule has 2 aromatic rings. The first-order valence-electron chi connectivity index (χ1n) is 9.18. The van der Waals surface area contributed by atoms with E-state index in [2.05, 4.69) is 27.0 Å². The quantitative estimate of drug-likeness (QED) is 0.898. The Bertz CT molecular complexity index is 814. The molecule has 1 saturated carbocycles. The summed E-state index contributed by atoms with van der Waals surface area (Å²) >= 11 is 1.68. The lowest BCUT2D eigenvalue weighted by Gasteiger charge is -2.30. The van der Waals surface area contributed by atoms with Crippen LogP contribution in [0.3, 0.4) is 0 Å². The number of carbonyl (C=O) groups excluding carboxylic acids is 1. The number of fused-ring (bicyclic) bond motifs is 1. The van der Waals surface area contributed by atoms with Gasteiger partial charge in [-0.3, -0.25) is 4.79 Å². The van der Waals surface area contributed by atoms with Gasteiger partial charge in [-0.25, -0.2) is 0 Å². The molecular formula is C20H22N2O3S. The molecule has 26 heavy (non-hydrogen) atoms. The molecule has 2 fully saturated rings. The molecule has 1 saturated heterocycles. The summed E-state index contributed by atoms with van der Waals surface area (Å²) in [6.45, 7) is 2.94. The first-order valence-corrected chi connectivity index (χ1v) is 10.1. The van der Waals surface area contributed by atoms with Crippen molar-refractivity contribution in [1.29, 1.82) is 0 Å². The van der Waals surface area contributed by atoms with Crippen molar-refractivity contribution in [3.8, 4) is 11.5 Å². The van der Waals surface area contributed by atoms with E-state index in [0.29, 0.717) is 35.1 Å². The van der Waals surface area contributed by atoms with E-state index in [0.717, 1.165) is 32.4 Å². The Morgan fingerprint density at radius 2 is 2.15 bits per heavy atom. The molecule has 5 nitrogen and oxygen atoms in total. The standard InChI is InChI=1S/C20H22N2O3S/c23-19(15-2-1-3-16-18(15)25-13-24-16)22(11-14-4-9-26-12-14)17-10-20(17)5-7-21-8-6-20/h1-4,9,12,17,21H,5-8,10-11,13H2/t17-/m0/s1. The minimum Gasteiger partial charge on any atom is -0.454 e. The molecule has 1 N–H and O–H groups in total. The average molecular weight is 370 g/mol. The number of carbonyl (C=O) groups is 1. The van der Waals surface area contributed by atoms with E-state index < -0.39 is 0 Å². The fourth-order valence-corrected chi connectivity index (χ4v) is 5.04. The van der Waals surface area contributed by atoms with Crippen LogP contribution < -0.4 is 14.8 Å². The van der Waals surface area contributed by atoms with Gasteiger partial charge in [-0.2, -0.15) is 11.3 Å². The lowest BCUT2D eigenvalue weighted by Crippen LogP contribution is -2.39. The van der Waals surface area contributed by atoms with Crippen LogP contribution in [0, 0.1) is 5.41 Å². The molecule has 1 aromatic heterocycles. The van der Waals surface area contributed by atoms with Crippen LogP contribution in [-0.2, 0) is 6.54 Å². The summed E-state index contributed by atoms with van der Waals surface area (Å²) in [5.41, 5.74) is 2.11. The van der Waals surface area contributed by atoms with E-state index in [4.69, 9.17) is 9.47 Å². The lowest BCUT2D eigenvalue weighted by atomic mass is 9.93. The number of nitrogens with zero attached hydrogens (tertiary/aromatic N) is 1. The van der Waals surface area contributed by atoms with Gasteiger partial charge >= 0.3 is 0 Å². The maximum absolute atomic E-state index is 13.5. The highest BCUT2D eigenvalue weighted by Gasteiger charge is 2.58. The molecule has 0 unspecified atom stereocenters. The zero-order valence-electron chi connectivity index (χ0n) is 14.6. The van der Waals surface area contributed by atoms with Crippen LogP contribution in [0.15, 0.2) is 35.0 Å². The van der Waals surface area contributed by atoms with Gasteiger partial charge in [0.2, 0.25) is 6.79 Å². The minimum atomic E-state index is 0.0546. The van der Waals surface area contributed by atoms with Gasteiger partial charge in [-0.1, -0.05) is 6.07 Å². The highest BCUT2D eigenvalue weighted by Crippen LogP contribution is 2.56. The van der Waals surface area contributed by atoms with Crippen LogP contribution >= 0.6 is 11.3 Å². The van der Waals surface area contributed by atoms with Crippen LogP contribution in [0.5, 0.6) is 11.5 Å². The number of thiophene rings is 1. The van der Waals surface area contributed by atoms with Crippen molar-refractivity contribution in [2.24, 2.45) is 5.41 Å². The van der Waals surface area contributed by atoms with Crippen molar-refractivity contribution in [1.82, 2.24) is 10.2 Å². The Hall–Kier alpha value is -2.05. The van der Waals surface area contributed by atoms with Gasteiger partial charge in [0.25, 0.3) is 5.91 Å². The van der Waals surface area contributed by atoms with E-state index in [1.165, 1.54) is 5.56 Å². The highest BCUT2D eigenvalue weighted by molar-refractivity contribution is 7.07. The molecule has 1 spiro atoms. The second-order valence-corrected chi connectivity index (χ2v) is 8.22. The van der Waals surface area contributed by atoms with Crippen molar-refractivity contribution in [2.45, 2.75) is 31.8 Å². The fourth-order valence-electron chi connectivity index (χ4n) is 4.39. The molecule has 6 heteroatoms. The molecule has 1 amide bonds. The van der Waals surface area contributed by atoms with Gasteiger partial charge in [0.05, 0.1) is 5.56 Å². The number of amides is 1. The van der Waals surface area contributed by atoms with Crippen molar-refractivity contribution < 1.29 is 14.3 Å². The predicted molar refractivity (Wildman–Crippen MR) is 99.7 cm³/mol. The van der Waals surface area contributed by atoms with E-state index in [1.807, 2.05) is 18.2 Å². The van der Waals surface area contributed by atoms with Gasteiger partial charge in [0.15, 0.2) is 11.5 Å². The van der Waals surface area contributed by atoms with Crippen LogP contribution in [0.4, 0.5) is 0 Å².